The molecule has 1 aliphatic heterocycles. The summed E-state index contributed by atoms with van der Waals surface area (Å²) in [5.74, 6) is -1.04. The fourth-order valence-electron chi connectivity index (χ4n) is 1.71. The second kappa shape index (κ2) is 7.11. The molecule has 1 heterocycles. The molecule has 0 aromatic heterocycles. The summed E-state index contributed by atoms with van der Waals surface area (Å²) in [6, 6.07) is 0. The van der Waals surface area contributed by atoms with Crippen LogP contribution in [-0.2, 0) is 9.53 Å². The van der Waals surface area contributed by atoms with Gasteiger partial charge in [-0.2, -0.15) is 0 Å². The maximum absolute atomic E-state index is 11.3. The molecular formula is C11H20N2O4. The van der Waals surface area contributed by atoms with Crippen LogP contribution in [0.15, 0.2) is 0 Å². The van der Waals surface area contributed by atoms with Crippen molar-refractivity contribution >= 4 is 12.1 Å². The largest absolute Gasteiger partial charge is 0.481 e. The predicted octanol–water partition coefficient (Wildman–Crippen LogP) is 1.22. The number of hydrogen-bond donors (Lipinski definition) is 2. The molecule has 0 aromatic rings. The first-order chi connectivity index (χ1) is 8.13. The van der Waals surface area contributed by atoms with E-state index in [-0.39, 0.29) is 5.92 Å². The number of nitrogens with zero attached hydrogens (tertiary/aromatic N) is 1. The quantitative estimate of drug-likeness (QED) is 0.711. The fourth-order valence-corrected chi connectivity index (χ4v) is 1.71. The van der Waals surface area contributed by atoms with E-state index in [1.165, 1.54) is 0 Å². The van der Waals surface area contributed by atoms with Gasteiger partial charge in [-0.15, -0.1) is 0 Å². The molecule has 0 atom stereocenters. The van der Waals surface area contributed by atoms with E-state index in [1.807, 2.05) is 6.92 Å². The van der Waals surface area contributed by atoms with Crippen LogP contribution in [0, 0.1) is 5.92 Å². The normalized spacial score (nSPS) is 17.7. The van der Waals surface area contributed by atoms with Crippen molar-refractivity contribution in [2.45, 2.75) is 32.6 Å². The number of carbonyl (C=O) groups excluding carboxylic acids is 1. The van der Waals surface area contributed by atoms with Gasteiger partial charge in [-0.1, -0.05) is 13.3 Å². The lowest BCUT2D eigenvalue weighted by molar-refractivity contribution is -0.143. The molecule has 6 nitrogen and oxygen atoms in total. The van der Waals surface area contributed by atoms with Crippen LogP contribution in [0.5, 0.6) is 0 Å². The maximum atomic E-state index is 11.3. The summed E-state index contributed by atoms with van der Waals surface area (Å²) in [6.45, 7) is 3.56. The van der Waals surface area contributed by atoms with Gasteiger partial charge in [-0.05, 0) is 19.3 Å². The van der Waals surface area contributed by atoms with Crippen LogP contribution >= 0.6 is 0 Å². The van der Waals surface area contributed by atoms with Crippen molar-refractivity contribution in [2.24, 2.45) is 5.92 Å². The molecule has 0 aliphatic carbocycles. The number of amides is 1. The number of aliphatic carboxylic acids is 1. The predicted molar refractivity (Wildman–Crippen MR) is 61.3 cm³/mol. The molecule has 1 saturated heterocycles. The molecule has 1 aliphatic rings. The lowest BCUT2D eigenvalue weighted by Gasteiger charge is -2.29. The Morgan fingerprint density at radius 1 is 1.41 bits per heavy atom. The van der Waals surface area contributed by atoms with E-state index in [4.69, 9.17) is 9.84 Å². The molecule has 6 heteroatoms. The van der Waals surface area contributed by atoms with Crippen LogP contribution in [0.2, 0.25) is 0 Å². The second-order valence-electron chi connectivity index (χ2n) is 4.20. The summed E-state index contributed by atoms with van der Waals surface area (Å²) < 4.78 is 4.95. The van der Waals surface area contributed by atoms with Gasteiger partial charge in [0, 0.05) is 13.1 Å². The summed E-state index contributed by atoms with van der Waals surface area (Å²) in [5, 5.41) is 10.5. The van der Waals surface area contributed by atoms with Crippen LogP contribution in [0.1, 0.15) is 32.6 Å². The standard InChI is InChI=1S/C11H20N2O4/c1-2-3-8-17-11(16)12-13-6-4-9(5-7-13)10(14)15/h9H,2-8H2,1H3,(H,12,16)(H,14,15). The number of rotatable bonds is 5. The van der Waals surface area contributed by atoms with Crippen molar-refractivity contribution in [1.82, 2.24) is 10.4 Å². The van der Waals surface area contributed by atoms with E-state index in [0.29, 0.717) is 32.5 Å². The molecule has 0 unspecified atom stereocenters. The molecule has 0 aromatic carbocycles. The zero-order valence-electron chi connectivity index (χ0n) is 10.1. The van der Waals surface area contributed by atoms with Crippen LogP contribution in [0.4, 0.5) is 4.79 Å². The third-order valence-electron chi connectivity index (χ3n) is 2.82. The van der Waals surface area contributed by atoms with Gasteiger partial charge in [0.1, 0.15) is 0 Å². The summed E-state index contributed by atoms with van der Waals surface area (Å²) in [4.78, 5) is 22.0. The topological polar surface area (TPSA) is 78.9 Å². The van der Waals surface area contributed by atoms with E-state index in [0.717, 1.165) is 12.8 Å². The number of carbonyl (C=O) groups is 2. The molecule has 17 heavy (non-hydrogen) atoms. The molecule has 0 bridgehead atoms. The Morgan fingerprint density at radius 3 is 2.59 bits per heavy atom. The summed E-state index contributed by atoms with van der Waals surface area (Å²) >= 11 is 0. The highest BCUT2D eigenvalue weighted by Crippen LogP contribution is 2.15. The van der Waals surface area contributed by atoms with Crippen LogP contribution < -0.4 is 5.43 Å². The van der Waals surface area contributed by atoms with Crippen molar-refractivity contribution in [2.75, 3.05) is 19.7 Å². The van der Waals surface area contributed by atoms with Crippen LogP contribution in [0.25, 0.3) is 0 Å². The van der Waals surface area contributed by atoms with Gasteiger partial charge in [-0.25, -0.2) is 9.80 Å². The average molecular weight is 244 g/mol. The third kappa shape index (κ3) is 5.04. The Hall–Kier alpha value is -1.30. The average Bonchev–Trinajstić information content (AvgIpc) is 2.30. The number of carboxylic acid groups (broad SMARTS) is 1. The van der Waals surface area contributed by atoms with Crippen molar-refractivity contribution in [3.63, 3.8) is 0 Å². The minimum atomic E-state index is -0.754. The molecule has 1 rings (SSSR count). The third-order valence-corrected chi connectivity index (χ3v) is 2.82. The number of carboxylic acids is 1. The molecule has 1 fully saturated rings. The van der Waals surface area contributed by atoms with Crippen LogP contribution in [0.3, 0.4) is 0 Å². The van der Waals surface area contributed by atoms with Crippen LogP contribution in [-0.4, -0.2) is 41.9 Å². The smallest absolute Gasteiger partial charge is 0.421 e. The number of nitrogens with one attached hydrogen (secondary N) is 1. The first kappa shape index (κ1) is 13.8. The van der Waals surface area contributed by atoms with Crippen molar-refractivity contribution in [3.8, 4) is 0 Å². The highest BCUT2D eigenvalue weighted by Gasteiger charge is 2.25. The second-order valence-corrected chi connectivity index (χ2v) is 4.20. The van der Waals surface area contributed by atoms with Gasteiger partial charge in [-0.3, -0.25) is 10.2 Å². The minimum absolute atomic E-state index is 0.288. The first-order valence-corrected chi connectivity index (χ1v) is 6.04. The van der Waals surface area contributed by atoms with Crippen molar-refractivity contribution < 1.29 is 19.4 Å². The number of hydrogen-bond acceptors (Lipinski definition) is 4. The number of piperidine rings is 1. The first-order valence-electron chi connectivity index (χ1n) is 6.04. The monoisotopic (exact) mass is 244 g/mol. The van der Waals surface area contributed by atoms with Crippen molar-refractivity contribution in [3.05, 3.63) is 0 Å². The summed E-state index contributed by atoms with van der Waals surface area (Å²) in [6.07, 6.45) is 2.51. The van der Waals surface area contributed by atoms with E-state index < -0.39 is 12.1 Å². The molecule has 1 amide bonds. The Labute approximate surface area is 101 Å². The Morgan fingerprint density at radius 2 is 2.06 bits per heavy atom. The minimum Gasteiger partial charge on any atom is -0.481 e. The summed E-state index contributed by atoms with van der Waals surface area (Å²) in [5.41, 5.74) is 2.62. The highest BCUT2D eigenvalue weighted by atomic mass is 16.6. The van der Waals surface area contributed by atoms with Gasteiger partial charge < -0.3 is 9.84 Å². The molecule has 2 N–H and O–H groups in total. The molecule has 0 saturated carbocycles. The molecule has 0 spiro atoms. The van der Waals surface area contributed by atoms with Gasteiger partial charge in [0.05, 0.1) is 12.5 Å². The number of ether oxygens (including phenoxy) is 1. The lowest BCUT2D eigenvalue weighted by Crippen LogP contribution is -2.47. The Balaban J connectivity index is 2.17. The number of hydrazine groups is 1. The van der Waals surface area contributed by atoms with Gasteiger partial charge in [0.2, 0.25) is 0 Å². The highest BCUT2D eigenvalue weighted by molar-refractivity contribution is 5.70. The van der Waals surface area contributed by atoms with Gasteiger partial charge in [0.15, 0.2) is 0 Å². The van der Waals surface area contributed by atoms with Gasteiger partial charge >= 0.3 is 12.1 Å². The summed E-state index contributed by atoms with van der Waals surface area (Å²) in [7, 11) is 0. The zero-order valence-corrected chi connectivity index (χ0v) is 10.1. The zero-order chi connectivity index (χ0) is 12.7. The van der Waals surface area contributed by atoms with E-state index >= 15 is 0 Å². The van der Waals surface area contributed by atoms with E-state index in [2.05, 4.69) is 5.43 Å². The molecule has 0 radical (unpaired) electrons. The molecular weight excluding hydrogens is 224 g/mol. The van der Waals surface area contributed by atoms with E-state index in [9.17, 15) is 9.59 Å². The molecule has 98 valence electrons. The fraction of sp³-hybridized carbons (Fsp3) is 0.818. The Kier molecular flexibility index (Phi) is 5.76. The lowest BCUT2D eigenvalue weighted by atomic mass is 9.98. The number of unbranched alkanes of at least 4 members (excludes halogenated alkanes) is 1. The Bertz CT molecular complexity index is 262. The van der Waals surface area contributed by atoms with E-state index in [1.54, 1.807) is 5.01 Å². The van der Waals surface area contributed by atoms with Crippen molar-refractivity contribution in [1.29, 1.82) is 0 Å². The SMILES string of the molecule is CCCCOC(=O)NN1CCC(C(=O)O)CC1. The van der Waals surface area contributed by atoms with Gasteiger partial charge in [0.25, 0.3) is 0 Å². The maximum Gasteiger partial charge on any atom is 0.421 e.